The van der Waals surface area contributed by atoms with Gasteiger partial charge in [0.15, 0.2) is 0 Å². The molecule has 23 heavy (non-hydrogen) atoms. The van der Waals surface area contributed by atoms with Gasteiger partial charge in [-0.05, 0) is 17.5 Å². The summed E-state index contributed by atoms with van der Waals surface area (Å²) >= 11 is 0. The Hall–Kier alpha value is -2.33. The van der Waals surface area contributed by atoms with Crippen molar-refractivity contribution in [2.45, 2.75) is 12.5 Å². The van der Waals surface area contributed by atoms with Gasteiger partial charge in [0, 0.05) is 13.1 Å². The highest BCUT2D eigenvalue weighted by atomic mass is 16.5. The van der Waals surface area contributed by atoms with E-state index in [9.17, 15) is 4.79 Å². The van der Waals surface area contributed by atoms with Gasteiger partial charge in [-0.2, -0.15) is 0 Å². The van der Waals surface area contributed by atoms with Crippen molar-refractivity contribution in [3.8, 4) is 0 Å². The minimum Gasteiger partial charge on any atom is -0.370 e. The van der Waals surface area contributed by atoms with Crippen molar-refractivity contribution in [1.82, 2.24) is 10.2 Å². The Bertz CT molecular complexity index is 616. The molecule has 2 amide bonds. The molecule has 1 fully saturated rings. The summed E-state index contributed by atoms with van der Waals surface area (Å²) in [7, 11) is 0. The van der Waals surface area contributed by atoms with E-state index in [-0.39, 0.29) is 12.1 Å². The van der Waals surface area contributed by atoms with Crippen molar-refractivity contribution in [1.29, 1.82) is 0 Å². The first-order valence-electron chi connectivity index (χ1n) is 8.06. The Labute approximate surface area is 137 Å². The fourth-order valence-electron chi connectivity index (χ4n) is 2.77. The van der Waals surface area contributed by atoms with Crippen LogP contribution in [0.25, 0.3) is 0 Å². The van der Waals surface area contributed by atoms with Crippen LogP contribution in [0.15, 0.2) is 60.7 Å². The lowest BCUT2D eigenvalue weighted by atomic mass is 10.1. The Kier molecular flexibility index (Phi) is 5.27. The third kappa shape index (κ3) is 4.33. The minimum atomic E-state index is -0.0372. The molecular formula is C19H22N2O2. The maximum Gasteiger partial charge on any atom is 0.317 e. The number of urea groups is 1. The molecule has 2 aromatic carbocycles. The largest absolute Gasteiger partial charge is 0.370 e. The summed E-state index contributed by atoms with van der Waals surface area (Å²) in [6.45, 7) is 2.46. The van der Waals surface area contributed by atoms with Crippen LogP contribution in [0, 0.1) is 0 Å². The van der Waals surface area contributed by atoms with E-state index in [4.69, 9.17) is 4.74 Å². The van der Waals surface area contributed by atoms with Crippen LogP contribution in [0.5, 0.6) is 0 Å². The van der Waals surface area contributed by atoms with E-state index in [1.807, 2.05) is 53.4 Å². The van der Waals surface area contributed by atoms with E-state index in [0.717, 1.165) is 12.0 Å². The zero-order chi connectivity index (χ0) is 15.9. The monoisotopic (exact) mass is 310 g/mol. The molecule has 0 radical (unpaired) electrons. The summed E-state index contributed by atoms with van der Waals surface area (Å²) in [6, 6.07) is 20.2. The normalized spacial score (nSPS) is 17.7. The Balaban J connectivity index is 1.49. The molecule has 1 saturated heterocycles. The summed E-state index contributed by atoms with van der Waals surface area (Å²) in [4.78, 5) is 14.2. The van der Waals surface area contributed by atoms with E-state index in [1.54, 1.807) is 0 Å². The first kappa shape index (κ1) is 15.6. The summed E-state index contributed by atoms with van der Waals surface area (Å²) in [5.74, 6) is 0. The zero-order valence-electron chi connectivity index (χ0n) is 13.2. The van der Waals surface area contributed by atoms with Gasteiger partial charge in [-0.3, -0.25) is 0 Å². The molecule has 0 bridgehead atoms. The van der Waals surface area contributed by atoms with E-state index in [2.05, 4.69) is 17.4 Å². The molecule has 0 spiro atoms. The highest BCUT2D eigenvalue weighted by Gasteiger charge is 2.24. The Morgan fingerprint density at radius 1 is 1.09 bits per heavy atom. The first-order valence-corrected chi connectivity index (χ1v) is 8.06. The van der Waals surface area contributed by atoms with Gasteiger partial charge in [0.25, 0.3) is 0 Å². The number of benzene rings is 2. The predicted molar refractivity (Wildman–Crippen MR) is 90.3 cm³/mol. The maximum absolute atomic E-state index is 12.3. The minimum absolute atomic E-state index is 0.00911. The molecule has 1 aliphatic rings. The molecule has 4 heteroatoms. The van der Waals surface area contributed by atoms with Crippen LogP contribution in [0.3, 0.4) is 0 Å². The fraction of sp³-hybridized carbons (Fsp3) is 0.316. The van der Waals surface area contributed by atoms with E-state index in [0.29, 0.717) is 26.2 Å². The van der Waals surface area contributed by atoms with Gasteiger partial charge in [0.05, 0.1) is 13.2 Å². The van der Waals surface area contributed by atoms with Crippen LogP contribution in [-0.2, 0) is 11.2 Å². The number of nitrogens with one attached hydrogen (secondary N) is 1. The quantitative estimate of drug-likeness (QED) is 0.943. The van der Waals surface area contributed by atoms with Gasteiger partial charge in [0.1, 0.15) is 6.10 Å². The highest BCUT2D eigenvalue weighted by Crippen LogP contribution is 2.21. The summed E-state index contributed by atoms with van der Waals surface area (Å²) in [5.41, 5.74) is 2.35. The summed E-state index contributed by atoms with van der Waals surface area (Å²) in [6.07, 6.45) is 0.809. The van der Waals surface area contributed by atoms with Gasteiger partial charge in [-0.15, -0.1) is 0 Å². The van der Waals surface area contributed by atoms with Crippen LogP contribution < -0.4 is 5.32 Å². The average molecular weight is 310 g/mol. The van der Waals surface area contributed by atoms with Gasteiger partial charge in [0.2, 0.25) is 0 Å². The van der Waals surface area contributed by atoms with Crippen molar-refractivity contribution in [3.05, 3.63) is 71.8 Å². The summed E-state index contributed by atoms with van der Waals surface area (Å²) in [5, 5.41) is 3.00. The lowest BCUT2D eigenvalue weighted by molar-refractivity contribution is -0.0153. The first-order chi connectivity index (χ1) is 11.3. The van der Waals surface area contributed by atoms with Crippen LogP contribution in [0.1, 0.15) is 17.2 Å². The predicted octanol–water partition coefficient (Wildman–Crippen LogP) is 3.01. The molecule has 0 unspecified atom stereocenters. The molecule has 1 atom stereocenters. The summed E-state index contributed by atoms with van der Waals surface area (Å²) < 4.78 is 5.80. The molecule has 0 aromatic heterocycles. The second-order valence-electron chi connectivity index (χ2n) is 5.68. The Morgan fingerprint density at radius 3 is 2.52 bits per heavy atom. The molecule has 3 rings (SSSR count). The van der Waals surface area contributed by atoms with Gasteiger partial charge in [-0.1, -0.05) is 60.7 Å². The van der Waals surface area contributed by atoms with Crippen LogP contribution in [-0.4, -0.2) is 37.2 Å². The number of ether oxygens (including phenoxy) is 1. The zero-order valence-corrected chi connectivity index (χ0v) is 13.2. The van der Waals surface area contributed by atoms with Gasteiger partial charge >= 0.3 is 6.03 Å². The second-order valence-corrected chi connectivity index (χ2v) is 5.68. The standard InChI is InChI=1S/C19H22N2O2/c22-19(20-12-11-16-7-3-1-4-8-16)21-13-14-23-18(15-21)17-9-5-2-6-10-17/h1-10,18H,11-15H2,(H,20,22)/t18-/m0/s1. The second kappa shape index (κ2) is 7.79. The molecule has 120 valence electrons. The third-order valence-electron chi connectivity index (χ3n) is 4.06. The van der Waals surface area contributed by atoms with Crippen molar-refractivity contribution >= 4 is 6.03 Å². The smallest absolute Gasteiger partial charge is 0.317 e. The Morgan fingerprint density at radius 2 is 1.78 bits per heavy atom. The molecule has 4 nitrogen and oxygen atoms in total. The van der Waals surface area contributed by atoms with Crippen molar-refractivity contribution in [2.24, 2.45) is 0 Å². The van der Waals surface area contributed by atoms with Gasteiger partial charge < -0.3 is 15.0 Å². The molecule has 0 saturated carbocycles. The van der Waals surface area contributed by atoms with E-state index >= 15 is 0 Å². The number of carbonyl (C=O) groups excluding carboxylic acids is 1. The van der Waals surface area contributed by atoms with E-state index in [1.165, 1.54) is 5.56 Å². The van der Waals surface area contributed by atoms with Crippen molar-refractivity contribution < 1.29 is 9.53 Å². The molecule has 1 N–H and O–H groups in total. The maximum atomic E-state index is 12.3. The molecule has 2 aromatic rings. The molecule has 1 aliphatic heterocycles. The van der Waals surface area contributed by atoms with Gasteiger partial charge in [-0.25, -0.2) is 4.79 Å². The van der Waals surface area contributed by atoms with Crippen LogP contribution in [0.4, 0.5) is 4.79 Å². The third-order valence-corrected chi connectivity index (χ3v) is 4.06. The highest BCUT2D eigenvalue weighted by molar-refractivity contribution is 5.74. The molecule has 0 aliphatic carbocycles. The lowest BCUT2D eigenvalue weighted by Gasteiger charge is -2.33. The number of nitrogens with zero attached hydrogens (tertiary/aromatic N) is 1. The molecular weight excluding hydrogens is 288 g/mol. The number of hydrogen-bond acceptors (Lipinski definition) is 2. The lowest BCUT2D eigenvalue weighted by Crippen LogP contribution is -2.47. The fourth-order valence-corrected chi connectivity index (χ4v) is 2.77. The molecule has 1 heterocycles. The number of morpholine rings is 1. The number of carbonyl (C=O) groups is 1. The van der Waals surface area contributed by atoms with Crippen LogP contribution in [0.2, 0.25) is 0 Å². The van der Waals surface area contributed by atoms with Crippen molar-refractivity contribution in [2.75, 3.05) is 26.2 Å². The van der Waals surface area contributed by atoms with Crippen molar-refractivity contribution in [3.63, 3.8) is 0 Å². The number of amides is 2. The number of rotatable bonds is 4. The van der Waals surface area contributed by atoms with E-state index < -0.39 is 0 Å². The SMILES string of the molecule is O=C(NCCc1ccccc1)N1CCO[C@H](c2ccccc2)C1. The topological polar surface area (TPSA) is 41.6 Å². The number of hydrogen-bond donors (Lipinski definition) is 1. The van der Waals surface area contributed by atoms with Crippen LogP contribution >= 0.6 is 0 Å². The average Bonchev–Trinajstić information content (AvgIpc) is 2.63.